The Bertz CT molecular complexity index is 497. The average Bonchev–Trinajstić information content (AvgIpc) is 2.77. The van der Waals surface area contributed by atoms with Gasteiger partial charge in [-0.2, -0.15) is 4.31 Å². The smallest absolute Gasteiger partial charge is 0.252 e. The van der Waals surface area contributed by atoms with Crippen LogP contribution in [-0.4, -0.2) is 56.0 Å². The lowest BCUT2D eigenvalue weighted by Gasteiger charge is -2.28. The number of nitrogens with zero attached hydrogens (tertiary/aromatic N) is 2. The van der Waals surface area contributed by atoms with Gasteiger partial charge >= 0.3 is 0 Å². The topological polar surface area (TPSA) is 60.9 Å². The quantitative estimate of drug-likeness (QED) is 0.822. The second-order valence-electron chi connectivity index (χ2n) is 4.75. The van der Waals surface area contributed by atoms with Crippen LogP contribution < -0.4 is 0 Å². The van der Waals surface area contributed by atoms with E-state index in [2.05, 4.69) is 0 Å². The molecular weight excluding hydrogens is 284 g/mol. The third-order valence-corrected chi connectivity index (χ3v) is 6.36. The third-order valence-electron chi connectivity index (χ3n) is 2.81. The third kappa shape index (κ3) is 4.00. The molecule has 0 radical (unpaired) electrons. The van der Waals surface area contributed by atoms with Crippen LogP contribution in [0, 0.1) is 0 Å². The van der Waals surface area contributed by atoms with Crippen molar-refractivity contribution in [2.24, 2.45) is 0 Å². The van der Waals surface area contributed by atoms with Crippen LogP contribution in [0.4, 0.5) is 0 Å². The fourth-order valence-corrected chi connectivity index (χ4v) is 4.98. The molecule has 1 aromatic heterocycles. The lowest BCUT2D eigenvalue weighted by atomic mass is 10.3. The first-order chi connectivity index (χ1) is 8.82. The molecule has 0 fully saturated rings. The van der Waals surface area contributed by atoms with E-state index < -0.39 is 10.0 Å². The number of sulfonamides is 1. The standard InChI is InChI=1S/C12H22N2O3S2/c1-5-14(10(2)7-13(3)4)19(16,17)12-6-11(8-15)9-18-12/h6,9-10,15H,5,7-8H2,1-4H3. The Balaban J connectivity index is 3.01. The molecule has 0 aliphatic carbocycles. The zero-order valence-electron chi connectivity index (χ0n) is 11.8. The zero-order valence-corrected chi connectivity index (χ0v) is 13.5. The Morgan fingerprint density at radius 2 is 2.05 bits per heavy atom. The molecule has 1 rings (SSSR count). The summed E-state index contributed by atoms with van der Waals surface area (Å²) < 4.78 is 26.9. The van der Waals surface area contributed by atoms with Crippen molar-refractivity contribution in [1.29, 1.82) is 0 Å². The lowest BCUT2D eigenvalue weighted by Crippen LogP contribution is -2.43. The lowest BCUT2D eigenvalue weighted by molar-refractivity contribution is 0.271. The van der Waals surface area contributed by atoms with Gasteiger partial charge in [-0.15, -0.1) is 11.3 Å². The van der Waals surface area contributed by atoms with Crippen LogP contribution in [0.2, 0.25) is 0 Å². The first kappa shape index (κ1) is 16.6. The number of hydrogen-bond donors (Lipinski definition) is 1. The van der Waals surface area contributed by atoms with Crippen LogP contribution in [0.15, 0.2) is 15.7 Å². The molecule has 7 heteroatoms. The van der Waals surface area contributed by atoms with Gasteiger partial charge in [-0.25, -0.2) is 8.42 Å². The summed E-state index contributed by atoms with van der Waals surface area (Å²) in [6, 6.07) is 1.45. The second-order valence-corrected chi connectivity index (χ2v) is 7.78. The summed E-state index contributed by atoms with van der Waals surface area (Å²) in [6.07, 6.45) is 0. The van der Waals surface area contributed by atoms with E-state index in [1.54, 1.807) is 11.4 Å². The molecule has 1 N–H and O–H groups in total. The van der Waals surface area contributed by atoms with Crippen molar-refractivity contribution in [2.75, 3.05) is 27.2 Å². The van der Waals surface area contributed by atoms with Crippen LogP contribution in [0.25, 0.3) is 0 Å². The van der Waals surface area contributed by atoms with Gasteiger partial charge in [0.1, 0.15) is 4.21 Å². The number of likely N-dealkylation sites (N-methyl/N-ethyl adjacent to an activating group) is 2. The highest BCUT2D eigenvalue weighted by atomic mass is 32.2. The summed E-state index contributed by atoms with van der Waals surface area (Å²) in [6.45, 7) is 4.71. The van der Waals surface area contributed by atoms with Crippen LogP contribution >= 0.6 is 11.3 Å². The van der Waals surface area contributed by atoms with Crippen LogP contribution in [0.1, 0.15) is 19.4 Å². The number of hydrogen-bond acceptors (Lipinski definition) is 5. The molecular formula is C12H22N2O3S2. The van der Waals surface area contributed by atoms with Crippen molar-refractivity contribution in [3.05, 3.63) is 17.0 Å². The molecule has 0 saturated heterocycles. The van der Waals surface area contributed by atoms with E-state index in [1.165, 1.54) is 4.31 Å². The van der Waals surface area contributed by atoms with Crippen LogP contribution in [-0.2, 0) is 16.6 Å². The first-order valence-electron chi connectivity index (χ1n) is 6.17. The Hall–Kier alpha value is -0.470. The van der Waals surface area contributed by atoms with Crippen molar-refractivity contribution in [3.8, 4) is 0 Å². The Morgan fingerprint density at radius 1 is 1.42 bits per heavy atom. The first-order valence-corrected chi connectivity index (χ1v) is 8.49. The summed E-state index contributed by atoms with van der Waals surface area (Å²) in [7, 11) is 0.374. The van der Waals surface area contributed by atoms with E-state index in [9.17, 15) is 8.42 Å². The molecule has 1 unspecified atom stereocenters. The Morgan fingerprint density at radius 3 is 2.47 bits per heavy atom. The maximum absolute atomic E-state index is 12.6. The summed E-state index contributed by atoms with van der Waals surface area (Å²) >= 11 is 1.16. The number of rotatable bonds is 7. The van der Waals surface area contributed by atoms with E-state index in [-0.39, 0.29) is 12.6 Å². The number of aliphatic hydroxyl groups is 1. The van der Waals surface area contributed by atoms with Gasteiger partial charge in [0.25, 0.3) is 10.0 Å². The molecule has 0 amide bonds. The molecule has 110 valence electrons. The molecule has 0 aliphatic rings. The van der Waals surface area contributed by atoms with Crippen LogP contribution in [0.5, 0.6) is 0 Å². The molecule has 0 aromatic carbocycles. The van der Waals surface area contributed by atoms with E-state index in [4.69, 9.17) is 5.11 Å². The predicted molar refractivity (Wildman–Crippen MR) is 77.8 cm³/mol. The van der Waals surface area contributed by atoms with Gasteiger partial charge in [0.2, 0.25) is 0 Å². The van der Waals surface area contributed by atoms with Crippen molar-refractivity contribution in [2.45, 2.75) is 30.7 Å². The van der Waals surface area contributed by atoms with Gasteiger partial charge < -0.3 is 10.0 Å². The van der Waals surface area contributed by atoms with E-state index in [0.29, 0.717) is 22.9 Å². The van der Waals surface area contributed by atoms with Gasteiger partial charge in [-0.05, 0) is 38.0 Å². The molecule has 1 atom stereocenters. The van der Waals surface area contributed by atoms with Crippen molar-refractivity contribution in [3.63, 3.8) is 0 Å². The zero-order chi connectivity index (χ0) is 14.6. The van der Waals surface area contributed by atoms with Crippen molar-refractivity contribution in [1.82, 2.24) is 9.21 Å². The maximum atomic E-state index is 12.6. The highest BCUT2D eigenvalue weighted by Crippen LogP contribution is 2.25. The highest BCUT2D eigenvalue weighted by molar-refractivity contribution is 7.91. The Kier molecular flexibility index (Phi) is 5.94. The normalized spacial score (nSPS) is 14.3. The molecule has 0 spiro atoms. The summed E-state index contributed by atoms with van der Waals surface area (Å²) in [4.78, 5) is 1.97. The molecule has 1 aromatic rings. The predicted octanol–water partition coefficient (Wildman–Crippen LogP) is 1.20. The molecule has 1 heterocycles. The summed E-state index contributed by atoms with van der Waals surface area (Å²) in [5, 5.41) is 10.7. The minimum atomic E-state index is -3.47. The summed E-state index contributed by atoms with van der Waals surface area (Å²) in [5.74, 6) is 0. The molecule has 0 saturated carbocycles. The average molecular weight is 306 g/mol. The van der Waals surface area contributed by atoms with E-state index in [1.807, 2.05) is 32.8 Å². The molecule has 5 nitrogen and oxygen atoms in total. The minimum Gasteiger partial charge on any atom is -0.392 e. The maximum Gasteiger partial charge on any atom is 0.252 e. The van der Waals surface area contributed by atoms with Crippen LogP contribution in [0.3, 0.4) is 0 Å². The Labute approximate surface area is 119 Å². The molecule has 0 aliphatic heterocycles. The van der Waals surface area contributed by atoms with Gasteiger partial charge in [-0.1, -0.05) is 6.92 Å². The fourth-order valence-electron chi connectivity index (χ4n) is 2.02. The van der Waals surface area contributed by atoms with E-state index >= 15 is 0 Å². The van der Waals surface area contributed by atoms with Gasteiger partial charge in [0.05, 0.1) is 6.61 Å². The van der Waals surface area contributed by atoms with E-state index in [0.717, 1.165) is 11.3 Å². The molecule has 0 bridgehead atoms. The SMILES string of the molecule is CCN(C(C)CN(C)C)S(=O)(=O)c1cc(CO)cs1. The monoisotopic (exact) mass is 306 g/mol. The largest absolute Gasteiger partial charge is 0.392 e. The minimum absolute atomic E-state index is 0.0929. The molecule has 19 heavy (non-hydrogen) atoms. The van der Waals surface area contributed by atoms with Gasteiger partial charge in [0.15, 0.2) is 0 Å². The van der Waals surface area contributed by atoms with Gasteiger partial charge in [-0.3, -0.25) is 0 Å². The fraction of sp³-hybridized carbons (Fsp3) is 0.667. The number of aliphatic hydroxyl groups excluding tert-OH is 1. The second kappa shape index (κ2) is 6.81. The van der Waals surface area contributed by atoms with Gasteiger partial charge in [0, 0.05) is 19.1 Å². The van der Waals surface area contributed by atoms with Crippen molar-refractivity contribution < 1.29 is 13.5 Å². The van der Waals surface area contributed by atoms with Crippen molar-refractivity contribution >= 4 is 21.4 Å². The highest BCUT2D eigenvalue weighted by Gasteiger charge is 2.29. The number of thiophene rings is 1. The summed E-state index contributed by atoms with van der Waals surface area (Å²) in [5.41, 5.74) is 0.639.